The van der Waals surface area contributed by atoms with Crippen molar-refractivity contribution in [3.05, 3.63) is 66.8 Å². The quantitative estimate of drug-likeness (QED) is 0.533. The molecule has 0 aliphatic rings. The fraction of sp³-hybridized carbons (Fsp3) is 0.105. The van der Waals surface area contributed by atoms with E-state index in [0.717, 1.165) is 10.9 Å². The molecule has 0 aliphatic carbocycles. The lowest BCUT2D eigenvalue weighted by Crippen LogP contribution is -2.09. The topological polar surface area (TPSA) is 85.2 Å². The molecular weight excluding hydrogens is 345 g/mol. The Hall–Kier alpha value is -3.68. The zero-order valence-corrected chi connectivity index (χ0v) is 14.3. The van der Waals surface area contributed by atoms with Gasteiger partial charge < -0.3 is 4.57 Å². The minimum Gasteiger partial charge on any atom is -0.306 e. The van der Waals surface area contributed by atoms with Gasteiger partial charge in [-0.1, -0.05) is 6.07 Å². The molecule has 7 nitrogen and oxygen atoms in total. The number of hydrogen-bond acceptors (Lipinski definition) is 5. The maximum atomic E-state index is 14.7. The van der Waals surface area contributed by atoms with Crippen molar-refractivity contribution < 1.29 is 4.39 Å². The summed E-state index contributed by atoms with van der Waals surface area (Å²) in [6.45, 7) is 1.91. The van der Waals surface area contributed by atoms with Crippen LogP contribution in [0.5, 0.6) is 0 Å². The summed E-state index contributed by atoms with van der Waals surface area (Å²) < 4.78 is 16.6. The van der Waals surface area contributed by atoms with E-state index in [1.165, 1.54) is 6.07 Å². The molecule has 5 aromatic rings. The second-order valence-electron chi connectivity index (χ2n) is 6.29. The zero-order valence-electron chi connectivity index (χ0n) is 14.3. The van der Waals surface area contributed by atoms with E-state index in [1.807, 2.05) is 29.7 Å². The Labute approximate surface area is 152 Å². The molecule has 0 bridgehead atoms. The number of nitrogens with one attached hydrogen (secondary N) is 1. The highest BCUT2D eigenvalue weighted by atomic mass is 19.1. The lowest BCUT2D eigenvalue weighted by molar-refractivity contribution is 0.564. The molecule has 0 amide bonds. The third-order valence-corrected chi connectivity index (χ3v) is 4.67. The summed E-state index contributed by atoms with van der Waals surface area (Å²) in [7, 11) is 0. The number of rotatable bonds is 3. The van der Waals surface area contributed by atoms with Gasteiger partial charge in [-0.2, -0.15) is 5.10 Å². The van der Waals surface area contributed by atoms with Crippen molar-refractivity contribution in [3.8, 4) is 11.3 Å². The molecule has 1 N–H and O–H groups in total. The molecule has 132 valence electrons. The van der Waals surface area contributed by atoms with Gasteiger partial charge in [-0.15, -0.1) is 0 Å². The number of pyridine rings is 1. The Morgan fingerprint density at radius 3 is 2.93 bits per heavy atom. The number of halogens is 1. The number of aromatic amines is 1. The summed E-state index contributed by atoms with van der Waals surface area (Å²) in [4.78, 5) is 17.5. The molecule has 0 aliphatic heterocycles. The van der Waals surface area contributed by atoms with Crippen LogP contribution in [0.3, 0.4) is 0 Å². The predicted octanol–water partition coefficient (Wildman–Crippen LogP) is 3.51. The van der Waals surface area contributed by atoms with Gasteiger partial charge in [-0.3, -0.25) is 10.1 Å². The number of aromatic nitrogens is 7. The molecule has 0 spiro atoms. The first kappa shape index (κ1) is 15.6. The van der Waals surface area contributed by atoms with Gasteiger partial charge in [0.1, 0.15) is 5.82 Å². The van der Waals surface area contributed by atoms with Crippen LogP contribution in [0.4, 0.5) is 4.39 Å². The molecular formula is C19H14FN7. The smallest absolute Gasteiger partial charge is 0.197 e. The number of fused-ring (bicyclic) bond motifs is 2. The van der Waals surface area contributed by atoms with Crippen LogP contribution in [0.25, 0.3) is 33.5 Å². The lowest BCUT2D eigenvalue weighted by atomic mass is 10.0. The number of benzene rings is 1. The molecule has 8 heteroatoms. The van der Waals surface area contributed by atoms with Crippen LogP contribution in [0.15, 0.2) is 55.4 Å². The van der Waals surface area contributed by atoms with Crippen molar-refractivity contribution in [2.75, 3.05) is 0 Å². The number of nitrogens with zero attached hydrogens (tertiary/aromatic N) is 6. The molecule has 0 saturated carbocycles. The van der Waals surface area contributed by atoms with Gasteiger partial charge in [0.15, 0.2) is 11.3 Å². The summed E-state index contributed by atoms with van der Waals surface area (Å²) in [6.07, 6.45) is 8.37. The maximum absolute atomic E-state index is 14.7. The van der Waals surface area contributed by atoms with Crippen LogP contribution < -0.4 is 0 Å². The normalized spacial score (nSPS) is 12.7. The van der Waals surface area contributed by atoms with E-state index in [2.05, 4.69) is 30.1 Å². The molecule has 4 aromatic heterocycles. The third-order valence-electron chi connectivity index (χ3n) is 4.67. The van der Waals surface area contributed by atoms with Crippen molar-refractivity contribution in [2.45, 2.75) is 13.0 Å². The Balaban J connectivity index is 1.64. The van der Waals surface area contributed by atoms with Gasteiger partial charge in [-0.05, 0) is 19.1 Å². The first-order valence-electron chi connectivity index (χ1n) is 8.43. The zero-order chi connectivity index (χ0) is 18.4. The third kappa shape index (κ3) is 2.53. The average Bonchev–Trinajstić information content (AvgIpc) is 3.36. The van der Waals surface area contributed by atoms with Crippen molar-refractivity contribution in [1.82, 2.24) is 34.7 Å². The van der Waals surface area contributed by atoms with E-state index >= 15 is 0 Å². The number of H-pyrrole nitrogens is 1. The van der Waals surface area contributed by atoms with Gasteiger partial charge in [0.2, 0.25) is 0 Å². The molecule has 1 atom stereocenters. The summed E-state index contributed by atoms with van der Waals surface area (Å²) in [5.41, 5.74) is 3.78. The minimum absolute atomic E-state index is 0.311. The SMILES string of the molecule is CC(c1cc2cccnc2cc1F)n1cnc2ncc(-c3cn[nH]c3)nc21. The van der Waals surface area contributed by atoms with E-state index in [0.29, 0.717) is 28.1 Å². The van der Waals surface area contributed by atoms with Gasteiger partial charge in [0.25, 0.3) is 0 Å². The van der Waals surface area contributed by atoms with E-state index in [9.17, 15) is 4.39 Å². The largest absolute Gasteiger partial charge is 0.306 e. The van der Waals surface area contributed by atoms with Crippen LogP contribution in [-0.4, -0.2) is 34.7 Å². The summed E-state index contributed by atoms with van der Waals surface area (Å²) >= 11 is 0. The fourth-order valence-corrected chi connectivity index (χ4v) is 3.20. The molecule has 0 saturated heterocycles. The van der Waals surface area contributed by atoms with Crippen molar-refractivity contribution in [3.63, 3.8) is 0 Å². The Bertz CT molecular complexity index is 1260. The second-order valence-corrected chi connectivity index (χ2v) is 6.29. The van der Waals surface area contributed by atoms with Crippen LogP contribution in [0.1, 0.15) is 18.5 Å². The minimum atomic E-state index is -0.312. The van der Waals surface area contributed by atoms with Gasteiger partial charge in [0.05, 0.1) is 36.0 Å². The molecule has 4 heterocycles. The van der Waals surface area contributed by atoms with Gasteiger partial charge in [0, 0.05) is 35.0 Å². The Kier molecular flexibility index (Phi) is 3.43. The highest BCUT2D eigenvalue weighted by Gasteiger charge is 2.18. The lowest BCUT2D eigenvalue weighted by Gasteiger charge is -2.16. The fourth-order valence-electron chi connectivity index (χ4n) is 3.20. The van der Waals surface area contributed by atoms with Crippen LogP contribution >= 0.6 is 0 Å². The number of imidazole rings is 1. The summed E-state index contributed by atoms with van der Waals surface area (Å²) in [5.74, 6) is -0.311. The molecule has 5 rings (SSSR count). The first-order valence-corrected chi connectivity index (χ1v) is 8.43. The molecule has 0 radical (unpaired) electrons. The van der Waals surface area contributed by atoms with Crippen molar-refractivity contribution in [1.29, 1.82) is 0 Å². The Morgan fingerprint density at radius 2 is 2.07 bits per heavy atom. The van der Waals surface area contributed by atoms with E-state index < -0.39 is 0 Å². The maximum Gasteiger partial charge on any atom is 0.197 e. The van der Waals surface area contributed by atoms with E-state index in [1.54, 1.807) is 31.1 Å². The standard InChI is InChI=1S/C19H14FN7/c1-11(14-5-12-3-2-4-21-16(12)6-15(14)20)27-10-23-18-19(27)26-17(9-22-18)13-7-24-25-8-13/h2-11H,1H3,(H,24,25). The molecule has 0 fully saturated rings. The summed E-state index contributed by atoms with van der Waals surface area (Å²) in [5, 5.41) is 7.59. The Morgan fingerprint density at radius 1 is 1.15 bits per heavy atom. The highest BCUT2D eigenvalue weighted by Crippen LogP contribution is 2.28. The first-order chi connectivity index (χ1) is 13.2. The van der Waals surface area contributed by atoms with Crippen LogP contribution in [-0.2, 0) is 0 Å². The van der Waals surface area contributed by atoms with Crippen molar-refractivity contribution >= 4 is 22.2 Å². The molecule has 27 heavy (non-hydrogen) atoms. The van der Waals surface area contributed by atoms with Crippen LogP contribution in [0, 0.1) is 5.82 Å². The molecule has 1 aromatic carbocycles. The van der Waals surface area contributed by atoms with Crippen LogP contribution in [0.2, 0.25) is 0 Å². The van der Waals surface area contributed by atoms with E-state index in [-0.39, 0.29) is 11.9 Å². The van der Waals surface area contributed by atoms with Gasteiger partial charge >= 0.3 is 0 Å². The second kappa shape index (κ2) is 5.94. The van der Waals surface area contributed by atoms with Crippen molar-refractivity contribution in [2.24, 2.45) is 0 Å². The highest BCUT2D eigenvalue weighted by molar-refractivity contribution is 5.79. The van der Waals surface area contributed by atoms with E-state index in [4.69, 9.17) is 0 Å². The van der Waals surface area contributed by atoms with Gasteiger partial charge in [-0.25, -0.2) is 19.3 Å². The number of hydrogen-bond donors (Lipinski definition) is 1. The predicted molar refractivity (Wildman–Crippen MR) is 98.4 cm³/mol. The summed E-state index contributed by atoms with van der Waals surface area (Å²) in [6, 6.07) is 6.73. The monoisotopic (exact) mass is 359 g/mol. The average molecular weight is 359 g/mol. The molecule has 1 unspecified atom stereocenters.